The normalized spacial score (nSPS) is 13.9. The largest absolute Gasteiger partial charge is 0.573 e. The second-order valence-electron chi connectivity index (χ2n) is 6.60. The SMILES string of the molecule is O=C1c2cc(CNc3ccc(OC(F)(F)F)cc3)nn2CCN1c1ccc(F)cc1. The number of amides is 1. The van der Waals surface area contributed by atoms with Crippen molar-refractivity contribution >= 4 is 17.3 Å². The molecule has 10 heteroatoms. The maximum absolute atomic E-state index is 13.1. The van der Waals surface area contributed by atoms with Gasteiger partial charge in [0.1, 0.15) is 17.3 Å². The minimum atomic E-state index is -4.74. The molecule has 2 aromatic carbocycles. The molecule has 0 aliphatic carbocycles. The Balaban J connectivity index is 1.41. The van der Waals surface area contributed by atoms with E-state index in [0.717, 1.165) is 0 Å². The molecular weight excluding hydrogens is 404 g/mol. The van der Waals surface area contributed by atoms with E-state index >= 15 is 0 Å². The number of fused-ring (bicyclic) bond motifs is 1. The first kappa shape index (κ1) is 19.7. The third-order valence-corrected chi connectivity index (χ3v) is 4.53. The second-order valence-corrected chi connectivity index (χ2v) is 6.60. The third kappa shape index (κ3) is 4.37. The van der Waals surface area contributed by atoms with Crippen LogP contribution >= 0.6 is 0 Å². The minimum Gasteiger partial charge on any atom is -0.406 e. The van der Waals surface area contributed by atoms with Gasteiger partial charge in [-0.3, -0.25) is 9.48 Å². The van der Waals surface area contributed by atoms with E-state index in [2.05, 4.69) is 15.2 Å². The predicted molar refractivity (Wildman–Crippen MR) is 101 cm³/mol. The smallest absolute Gasteiger partial charge is 0.406 e. The molecule has 0 spiro atoms. The Kier molecular flexibility index (Phi) is 5.06. The Morgan fingerprint density at radius 1 is 1.03 bits per heavy atom. The van der Waals surface area contributed by atoms with Crippen LogP contribution in [0.4, 0.5) is 28.9 Å². The van der Waals surface area contributed by atoms with Gasteiger partial charge in [0, 0.05) is 17.9 Å². The summed E-state index contributed by atoms with van der Waals surface area (Å²) in [7, 11) is 0. The molecule has 1 N–H and O–H groups in total. The molecular formula is C20H16F4N4O2. The van der Waals surface area contributed by atoms with Crippen LogP contribution in [0.15, 0.2) is 54.6 Å². The van der Waals surface area contributed by atoms with Gasteiger partial charge < -0.3 is 15.0 Å². The van der Waals surface area contributed by atoms with Crippen molar-refractivity contribution in [2.24, 2.45) is 0 Å². The summed E-state index contributed by atoms with van der Waals surface area (Å²) in [6, 6.07) is 12.7. The van der Waals surface area contributed by atoms with Gasteiger partial charge in [0.25, 0.3) is 5.91 Å². The molecule has 4 rings (SSSR count). The number of aromatic nitrogens is 2. The maximum atomic E-state index is 13.1. The summed E-state index contributed by atoms with van der Waals surface area (Å²) >= 11 is 0. The fourth-order valence-electron chi connectivity index (χ4n) is 3.17. The zero-order valence-corrected chi connectivity index (χ0v) is 15.5. The standard InChI is InChI=1S/C20H16F4N4O2/c21-13-1-5-16(6-2-13)27-9-10-28-18(19(27)29)11-15(26-28)12-25-14-3-7-17(8-4-14)30-20(22,23)24/h1-8,11,25H,9-10,12H2. The van der Waals surface area contributed by atoms with Crippen LogP contribution < -0.4 is 15.0 Å². The summed E-state index contributed by atoms with van der Waals surface area (Å²) in [5, 5.41) is 7.44. The number of halogens is 4. The average Bonchev–Trinajstić information content (AvgIpc) is 3.12. The quantitative estimate of drug-likeness (QED) is 0.629. The number of nitrogens with zero attached hydrogens (tertiary/aromatic N) is 3. The molecule has 1 amide bonds. The number of rotatable bonds is 5. The highest BCUT2D eigenvalue weighted by Gasteiger charge is 2.31. The lowest BCUT2D eigenvalue weighted by molar-refractivity contribution is -0.274. The van der Waals surface area contributed by atoms with Gasteiger partial charge in [-0.25, -0.2) is 4.39 Å². The zero-order chi connectivity index (χ0) is 21.3. The highest BCUT2D eigenvalue weighted by molar-refractivity contribution is 6.05. The van der Waals surface area contributed by atoms with Gasteiger partial charge in [0.15, 0.2) is 0 Å². The molecule has 156 valence electrons. The molecule has 1 aliphatic rings. The number of ether oxygens (including phenoxy) is 1. The van der Waals surface area contributed by atoms with Gasteiger partial charge in [-0.1, -0.05) is 0 Å². The third-order valence-electron chi connectivity index (χ3n) is 4.53. The number of carbonyl (C=O) groups is 1. The first-order valence-corrected chi connectivity index (χ1v) is 9.02. The number of benzene rings is 2. The van der Waals surface area contributed by atoms with Crippen LogP contribution in [-0.4, -0.2) is 28.6 Å². The van der Waals surface area contributed by atoms with Crippen molar-refractivity contribution < 1.29 is 27.1 Å². The zero-order valence-electron chi connectivity index (χ0n) is 15.5. The Morgan fingerprint density at radius 2 is 1.73 bits per heavy atom. The highest BCUT2D eigenvalue weighted by atomic mass is 19.4. The first-order valence-electron chi connectivity index (χ1n) is 9.02. The number of carbonyl (C=O) groups excluding carboxylic acids is 1. The number of anilines is 2. The van der Waals surface area contributed by atoms with E-state index < -0.39 is 6.36 Å². The van der Waals surface area contributed by atoms with E-state index in [1.807, 2.05) is 0 Å². The summed E-state index contributed by atoms with van der Waals surface area (Å²) in [4.78, 5) is 14.3. The fourth-order valence-corrected chi connectivity index (χ4v) is 3.17. The lowest BCUT2D eigenvalue weighted by Gasteiger charge is -2.27. The molecule has 0 bridgehead atoms. The van der Waals surface area contributed by atoms with Crippen LogP contribution in [0.1, 0.15) is 16.2 Å². The van der Waals surface area contributed by atoms with Crippen LogP contribution in [0, 0.1) is 5.82 Å². The minimum absolute atomic E-state index is 0.236. The lowest BCUT2D eigenvalue weighted by atomic mass is 10.2. The number of hydrogen-bond acceptors (Lipinski definition) is 4. The van der Waals surface area contributed by atoms with Gasteiger partial charge in [-0.05, 0) is 54.6 Å². The Morgan fingerprint density at radius 3 is 2.40 bits per heavy atom. The lowest BCUT2D eigenvalue weighted by Crippen LogP contribution is -2.40. The van der Waals surface area contributed by atoms with E-state index in [4.69, 9.17) is 0 Å². The molecule has 3 aromatic rings. The van der Waals surface area contributed by atoms with E-state index in [9.17, 15) is 22.4 Å². The topological polar surface area (TPSA) is 59.4 Å². The first-order chi connectivity index (χ1) is 14.3. The van der Waals surface area contributed by atoms with E-state index in [1.165, 1.54) is 36.4 Å². The summed E-state index contributed by atoms with van der Waals surface area (Å²) < 4.78 is 55.2. The fraction of sp³-hybridized carbons (Fsp3) is 0.200. The highest BCUT2D eigenvalue weighted by Crippen LogP contribution is 2.25. The maximum Gasteiger partial charge on any atom is 0.573 e. The molecule has 0 fully saturated rings. The summed E-state index contributed by atoms with van der Waals surface area (Å²) in [6.45, 7) is 1.18. The molecule has 0 atom stereocenters. The molecule has 1 aromatic heterocycles. The second kappa shape index (κ2) is 7.69. The molecule has 2 heterocycles. The van der Waals surface area contributed by atoms with Crippen molar-refractivity contribution in [1.82, 2.24) is 9.78 Å². The summed E-state index contributed by atoms with van der Waals surface area (Å²) in [5.74, 6) is -0.920. The van der Waals surface area contributed by atoms with Crippen molar-refractivity contribution in [2.45, 2.75) is 19.5 Å². The van der Waals surface area contributed by atoms with Crippen LogP contribution in [0.3, 0.4) is 0 Å². The predicted octanol–water partition coefficient (Wildman–Crippen LogP) is 4.19. The van der Waals surface area contributed by atoms with E-state index in [-0.39, 0.29) is 24.0 Å². The number of hydrogen-bond donors (Lipinski definition) is 1. The Bertz CT molecular complexity index is 1050. The molecule has 0 unspecified atom stereocenters. The van der Waals surface area contributed by atoms with E-state index in [1.54, 1.807) is 27.8 Å². The number of nitrogens with one attached hydrogen (secondary N) is 1. The Hall–Kier alpha value is -3.56. The van der Waals surface area contributed by atoms with Gasteiger partial charge in [-0.15, -0.1) is 13.2 Å². The van der Waals surface area contributed by atoms with Crippen molar-refractivity contribution in [3.8, 4) is 5.75 Å². The van der Waals surface area contributed by atoms with E-state index in [0.29, 0.717) is 35.9 Å². The monoisotopic (exact) mass is 420 g/mol. The van der Waals surface area contributed by atoms with Gasteiger partial charge >= 0.3 is 6.36 Å². The molecule has 6 nitrogen and oxygen atoms in total. The van der Waals surface area contributed by atoms with Crippen molar-refractivity contribution in [2.75, 3.05) is 16.8 Å². The van der Waals surface area contributed by atoms with Crippen molar-refractivity contribution in [1.29, 1.82) is 0 Å². The van der Waals surface area contributed by atoms with Crippen LogP contribution in [0.25, 0.3) is 0 Å². The van der Waals surface area contributed by atoms with Crippen molar-refractivity contribution in [3.63, 3.8) is 0 Å². The molecule has 1 aliphatic heterocycles. The van der Waals surface area contributed by atoms with Crippen LogP contribution in [-0.2, 0) is 13.1 Å². The van der Waals surface area contributed by atoms with Gasteiger partial charge in [0.05, 0.1) is 18.8 Å². The number of alkyl halides is 3. The van der Waals surface area contributed by atoms with Gasteiger partial charge in [0.2, 0.25) is 0 Å². The molecule has 0 saturated carbocycles. The Labute approximate surface area is 168 Å². The average molecular weight is 420 g/mol. The summed E-state index contributed by atoms with van der Waals surface area (Å²) in [5.41, 5.74) is 2.20. The van der Waals surface area contributed by atoms with Gasteiger partial charge in [-0.2, -0.15) is 5.10 Å². The van der Waals surface area contributed by atoms with Crippen molar-refractivity contribution in [3.05, 3.63) is 71.8 Å². The molecule has 0 saturated heterocycles. The van der Waals surface area contributed by atoms with Crippen LogP contribution in [0.2, 0.25) is 0 Å². The molecule has 0 radical (unpaired) electrons. The molecule has 30 heavy (non-hydrogen) atoms. The summed E-state index contributed by atoms with van der Waals surface area (Å²) in [6.07, 6.45) is -4.74. The van der Waals surface area contributed by atoms with Crippen LogP contribution in [0.5, 0.6) is 5.75 Å².